The zero-order chi connectivity index (χ0) is 15.0. The van der Waals surface area contributed by atoms with E-state index in [0.29, 0.717) is 0 Å². The van der Waals surface area contributed by atoms with Crippen LogP contribution in [0, 0.1) is 27.7 Å². The maximum absolute atomic E-state index is 6.10. The van der Waals surface area contributed by atoms with Gasteiger partial charge in [0.2, 0.25) is 0 Å². The molecule has 0 aliphatic carbocycles. The normalized spacial score (nSPS) is 10.9. The van der Waals surface area contributed by atoms with Crippen LogP contribution in [0.3, 0.4) is 0 Å². The standard InChI is InChI=1S/C20H20O/c1-13-5-7-17(15(3)11-13)19-9-10-20(21-19)18-8-6-14(2)12-16(18)4/h5-12H,1-4H3. The summed E-state index contributed by atoms with van der Waals surface area (Å²) >= 11 is 0. The summed E-state index contributed by atoms with van der Waals surface area (Å²) in [6.45, 7) is 8.48. The fourth-order valence-electron chi connectivity index (χ4n) is 2.81. The first-order chi connectivity index (χ1) is 10.0. The minimum absolute atomic E-state index is 0.933. The van der Waals surface area contributed by atoms with Crippen molar-refractivity contribution in [2.45, 2.75) is 27.7 Å². The van der Waals surface area contributed by atoms with Crippen molar-refractivity contribution < 1.29 is 4.42 Å². The molecule has 2 aromatic carbocycles. The molecule has 0 saturated carbocycles. The Morgan fingerprint density at radius 3 is 1.38 bits per heavy atom. The molecule has 0 bridgehead atoms. The molecule has 1 heterocycles. The van der Waals surface area contributed by atoms with Crippen LogP contribution in [0.1, 0.15) is 22.3 Å². The first-order valence-corrected chi connectivity index (χ1v) is 7.29. The van der Waals surface area contributed by atoms with E-state index in [1.165, 1.54) is 22.3 Å². The summed E-state index contributed by atoms with van der Waals surface area (Å²) in [5.74, 6) is 1.87. The van der Waals surface area contributed by atoms with Gasteiger partial charge in [-0.15, -0.1) is 0 Å². The molecule has 0 saturated heterocycles. The van der Waals surface area contributed by atoms with Gasteiger partial charge in [0.15, 0.2) is 0 Å². The van der Waals surface area contributed by atoms with Gasteiger partial charge in [-0.1, -0.05) is 47.5 Å². The van der Waals surface area contributed by atoms with Gasteiger partial charge in [-0.05, 0) is 51.0 Å². The second kappa shape index (κ2) is 5.25. The van der Waals surface area contributed by atoms with Crippen LogP contribution in [0.15, 0.2) is 52.9 Å². The Labute approximate surface area is 126 Å². The van der Waals surface area contributed by atoms with Crippen LogP contribution in [-0.4, -0.2) is 0 Å². The first-order valence-electron chi connectivity index (χ1n) is 7.29. The molecule has 3 aromatic rings. The lowest BCUT2D eigenvalue weighted by molar-refractivity contribution is 0.596. The highest BCUT2D eigenvalue weighted by Gasteiger charge is 2.10. The fraction of sp³-hybridized carbons (Fsp3) is 0.200. The van der Waals surface area contributed by atoms with Crippen molar-refractivity contribution in [3.05, 3.63) is 70.8 Å². The Morgan fingerprint density at radius 2 is 1.00 bits per heavy atom. The van der Waals surface area contributed by atoms with Crippen LogP contribution in [0.2, 0.25) is 0 Å². The molecule has 0 atom stereocenters. The maximum Gasteiger partial charge on any atom is 0.135 e. The largest absolute Gasteiger partial charge is 0.456 e. The zero-order valence-corrected chi connectivity index (χ0v) is 13.0. The molecule has 0 amide bonds. The monoisotopic (exact) mass is 276 g/mol. The van der Waals surface area contributed by atoms with E-state index < -0.39 is 0 Å². The third-order valence-electron chi connectivity index (χ3n) is 3.90. The predicted octanol–water partition coefficient (Wildman–Crippen LogP) is 5.85. The van der Waals surface area contributed by atoms with Crippen LogP contribution in [0.4, 0.5) is 0 Å². The van der Waals surface area contributed by atoms with Crippen molar-refractivity contribution in [1.82, 2.24) is 0 Å². The Balaban J connectivity index is 2.03. The van der Waals surface area contributed by atoms with Crippen LogP contribution in [-0.2, 0) is 0 Å². The Morgan fingerprint density at radius 1 is 0.571 bits per heavy atom. The molecule has 1 heteroatoms. The van der Waals surface area contributed by atoms with E-state index in [4.69, 9.17) is 4.42 Å². The lowest BCUT2D eigenvalue weighted by atomic mass is 10.0. The van der Waals surface area contributed by atoms with E-state index in [1.54, 1.807) is 0 Å². The quantitative estimate of drug-likeness (QED) is 0.572. The molecule has 0 fully saturated rings. The van der Waals surface area contributed by atoms with Crippen molar-refractivity contribution in [2.75, 3.05) is 0 Å². The highest BCUT2D eigenvalue weighted by atomic mass is 16.3. The van der Waals surface area contributed by atoms with Crippen LogP contribution in [0.25, 0.3) is 22.6 Å². The number of furan rings is 1. The lowest BCUT2D eigenvalue weighted by Gasteiger charge is -2.05. The van der Waals surface area contributed by atoms with Gasteiger partial charge in [-0.3, -0.25) is 0 Å². The average molecular weight is 276 g/mol. The lowest BCUT2D eigenvalue weighted by Crippen LogP contribution is -1.83. The van der Waals surface area contributed by atoms with E-state index in [9.17, 15) is 0 Å². The van der Waals surface area contributed by atoms with E-state index in [0.717, 1.165) is 22.6 Å². The summed E-state index contributed by atoms with van der Waals surface area (Å²) in [6.07, 6.45) is 0. The molecular formula is C20H20O. The Kier molecular flexibility index (Phi) is 3.42. The summed E-state index contributed by atoms with van der Waals surface area (Å²) in [6, 6.07) is 17.0. The third-order valence-corrected chi connectivity index (χ3v) is 3.90. The second-order valence-electron chi connectivity index (χ2n) is 5.80. The van der Waals surface area contributed by atoms with Crippen molar-refractivity contribution in [2.24, 2.45) is 0 Å². The minimum atomic E-state index is 0.933. The van der Waals surface area contributed by atoms with Crippen molar-refractivity contribution in [3.63, 3.8) is 0 Å². The van der Waals surface area contributed by atoms with Crippen LogP contribution >= 0.6 is 0 Å². The Bertz CT molecular complexity index is 727. The molecule has 0 spiro atoms. The van der Waals surface area contributed by atoms with Gasteiger partial charge in [0.1, 0.15) is 11.5 Å². The van der Waals surface area contributed by atoms with Crippen molar-refractivity contribution >= 4 is 0 Å². The average Bonchev–Trinajstić information content (AvgIpc) is 2.87. The number of rotatable bonds is 2. The summed E-state index contributed by atoms with van der Waals surface area (Å²) in [4.78, 5) is 0. The van der Waals surface area contributed by atoms with E-state index >= 15 is 0 Å². The number of hydrogen-bond acceptors (Lipinski definition) is 1. The molecule has 1 nitrogen and oxygen atoms in total. The zero-order valence-electron chi connectivity index (χ0n) is 13.0. The summed E-state index contributed by atoms with van der Waals surface area (Å²) < 4.78 is 6.10. The third kappa shape index (κ3) is 2.64. The van der Waals surface area contributed by atoms with E-state index in [2.05, 4.69) is 76.2 Å². The maximum atomic E-state index is 6.10. The molecule has 0 aliphatic heterocycles. The minimum Gasteiger partial charge on any atom is -0.456 e. The summed E-state index contributed by atoms with van der Waals surface area (Å²) in [5, 5.41) is 0. The van der Waals surface area contributed by atoms with Gasteiger partial charge in [0.25, 0.3) is 0 Å². The highest BCUT2D eigenvalue weighted by molar-refractivity contribution is 5.69. The van der Waals surface area contributed by atoms with Crippen LogP contribution in [0.5, 0.6) is 0 Å². The fourth-order valence-corrected chi connectivity index (χ4v) is 2.81. The number of hydrogen-bond donors (Lipinski definition) is 0. The topological polar surface area (TPSA) is 13.1 Å². The molecule has 21 heavy (non-hydrogen) atoms. The number of benzene rings is 2. The van der Waals surface area contributed by atoms with E-state index in [-0.39, 0.29) is 0 Å². The van der Waals surface area contributed by atoms with Gasteiger partial charge in [-0.2, -0.15) is 0 Å². The van der Waals surface area contributed by atoms with E-state index in [1.807, 2.05) is 0 Å². The van der Waals surface area contributed by atoms with Gasteiger partial charge in [0.05, 0.1) is 0 Å². The molecule has 0 aliphatic rings. The van der Waals surface area contributed by atoms with Crippen molar-refractivity contribution in [1.29, 1.82) is 0 Å². The van der Waals surface area contributed by atoms with Gasteiger partial charge in [-0.25, -0.2) is 0 Å². The molecule has 106 valence electrons. The van der Waals surface area contributed by atoms with Crippen molar-refractivity contribution in [3.8, 4) is 22.6 Å². The Hall–Kier alpha value is -2.28. The summed E-state index contributed by atoms with van der Waals surface area (Å²) in [7, 11) is 0. The SMILES string of the molecule is Cc1ccc(-c2ccc(-c3ccc(C)cc3C)o2)c(C)c1. The summed E-state index contributed by atoms with van der Waals surface area (Å²) in [5.41, 5.74) is 7.37. The first kappa shape index (κ1) is 13.7. The molecule has 0 unspecified atom stereocenters. The molecule has 0 N–H and O–H groups in total. The molecule has 1 aromatic heterocycles. The van der Waals surface area contributed by atoms with Gasteiger partial charge in [0, 0.05) is 11.1 Å². The smallest absolute Gasteiger partial charge is 0.135 e. The molecular weight excluding hydrogens is 256 g/mol. The number of aryl methyl sites for hydroxylation is 4. The van der Waals surface area contributed by atoms with Crippen LogP contribution < -0.4 is 0 Å². The molecule has 0 radical (unpaired) electrons. The molecule has 3 rings (SSSR count). The van der Waals surface area contributed by atoms with Gasteiger partial charge < -0.3 is 4.42 Å². The second-order valence-corrected chi connectivity index (χ2v) is 5.80. The highest BCUT2D eigenvalue weighted by Crippen LogP contribution is 2.32. The van der Waals surface area contributed by atoms with Gasteiger partial charge >= 0.3 is 0 Å². The predicted molar refractivity (Wildman–Crippen MR) is 88.5 cm³/mol.